The van der Waals surface area contributed by atoms with Gasteiger partial charge in [-0.15, -0.1) is 0 Å². The standard InChI is InChI=1S/C19H17ClFNO/c1-18(2)14-11-13(20)7-8-16(14)22(3)19(18)10-9-12-5-4-6-15(21)17(12)23-19/h4-11H,1-3H3. The lowest BCUT2D eigenvalue weighted by Crippen LogP contribution is -2.58. The zero-order valence-electron chi connectivity index (χ0n) is 13.2. The molecule has 0 N–H and O–H groups in total. The third-order valence-corrected chi connectivity index (χ3v) is 5.37. The van der Waals surface area contributed by atoms with Gasteiger partial charge in [0.25, 0.3) is 0 Å². The summed E-state index contributed by atoms with van der Waals surface area (Å²) < 4.78 is 20.6. The molecule has 0 saturated heterocycles. The highest BCUT2D eigenvalue weighted by atomic mass is 35.5. The Balaban J connectivity index is 1.93. The molecule has 0 aromatic heterocycles. The van der Waals surface area contributed by atoms with Gasteiger partial charge >= 0.3 is 0 Å². The summed E-state index contributed by atoms with van der Waals surface area (Å²) in [6.45, 7) is 4.20. The van der Waals surface area contributed by atoms with Gasteiger partial charge in [-0.25, -0.2) is 4.39 Å². The van der Waals surface area contributed by atoms with Crippen LogP contribution in [0, 0.1) is 5.82 Å². The van der Waals surface area contributed by atoms with Crippen molar-refractivity contribution >= 4 is 23.4 Å². The van der Waals surface area contributed by atoms with Crippen LogP contribution < -0.4 is 9.64 Å². The number of fused-ring (bicyclic) bond motifs is 2. The van der Waals surface area contributed by atoms with E-state index in [4.69, 9.17) is 16.3 Å². The van der Waals surface area contributed by atoms with E-state index in [0.717, 1.165) is 16.8 Å². The van der Waals surface area contributed by atoms with Gasteiger partial charge in [-0.2, -0.15) is 0 Å². The molecule has 2 heterocycles. The first-order valence-corrected chi connectivity index (χ1v) is 7.95. The van der Waals surface area contributed by atoms with Gasteiger partial charge in [0, 0.05) is 23.3 Å². The molecule has 2 aliphatic heterocycles. The molecule has 4 rings (SSSR count). The van der Waals surface area contributed by atoms with E-state index in [2.05, 4.69) is 18.7 Å². The highest BCUT2D eigenvalue weighted by Gasteiger charge is 2.57. The molecule has 0 saturated carbocycles. The van der Waals surface area contributed by atoms with E-state index in [9.17, 15) is 4.39 Å². The molecule has 1 unspecified atom stereocenters. The summed E-state index contributed by atoms with van der Waals surface area (Å²) in [5.74, 6) is -0.0433. The summed E-state index contributed by atoms with van der Waals surface area (Å²) in [7, 11) is 1.97. The van der Waals surface area contributed by atoms with E-state index < -0.39 is 11.1 Å². The topological polar surface area (TPSA) is 12.5 Å². The predicted octanol–water partition coefficient (Wildman–Crippen LogP) is 5.01. The molecule has 2 aliphatic rings. The van der Waals surface area contributed by atoms with Crippen molar-refractivity contribution in [1.82, 2.24) is 0 Å². The maximum absolute atomic E-state index is 14.3. The fourth-order valence-corrected chi connectivity index (χ4v) is 3.94. The number of ether oxygens (including phenoxy) is 1. The Morgan fingerprint density at radius 2 is 1.96 bits per heavy atom. The van der Waals surface area contributed by atoms with E-state index in [-0.39, 0.29) is 5.82 Å². The lowest BCUT2D eigenvalue weighted by Gasteiger charge is -2.45. The number of hydrogen-bond acceptors (Lipinski definition) is 2. The number of rotatable bonds is 0. The third-order valence-electron chi connectivity index (χ3n) is 5.13. The number of hydrogen-bond donors (Lipinski definition) is 0. The van der Waals surface area contributed by atoms with Gasteiger partial charge in [-0.3, -0.25) is 0 Å². The molecule has 1 atom stereocenters. The monoisotopic (exact) mass is 329 g/mol. The Hall–Kier alpha value is -2.00. The molecule has 1 spiro atoms. The van der Waals surface area contributed by atoms with Gasteiger partial charge in [0.1, 0.15) is 0 Å². The second-order valence-electron chi connectivity index (χ2n) is 6.64. The fourth-order valence-electron chi connectivity index (χ4n) is 3.77. The van der Waals surface area contributed by atoms with E-state index in [1.54, 1.807) is 6.07 Å². The van der Waals surface area contributed by atoms with Crippen molar-refractivity contribution in [2.45, 2.75) is 25.0 Å². The average molecular weight is 330 g/mol. The number of halogens is 2. The zero-order valence-corrected chi connectivity index (χ0v) is 14.0. The summed E-state index contributed by atoms with van der Waals surface area (Å²) in [5.41, 5.74) is 1.72. The van der Waals surface area contributed by atoms with Crippen molar-refractivity contribution in [2.24, 2.45) is 0 Å². The second kappa shape index (κ2) is 4.51. The Kier molecular flexibility index (Phi) is 2.86. The van der Waals surface area contributed by atoms with Gasteiger partial charge < -0.3 is 9.64 Å². The first-order chi connectivity index (χ1) is 10.9. The van der Waals surface area contributed by atoms with Gasteiger partial charge in [0.15, 0.2) is 11.6 Å². The maximum Gasteiger partial charge on any atom is 0.212 e. The zero-order chi connectivity index (χ0) is 16.4. The molecule has 2 aromatic carbocycles. The van der Waals surface area contributed by atoms with Crippen molar-refractivity contribution in [1.29, 1.82) is 0 Å². The van der Waals surface area contributed by atoms with Gasteiger partial charge in [-0.05, 0) is 55.8 Å². The summed E-state index contributed by atoms with van der Waals surface area (Å²) in [4.78, 5) is 2.06. The maximum atomic E-state index is 14.3. The summed E-state index contributed by atoms with van der Waals surface area (Å²) in [6, 6.07) is 10.8. The van der Waals surface area contributed by atoms with Crippen LogP contribution in [0.1, 0.15) is 25.0 Å². The third kappa shape index (κ3) is 1.74. The van der Waals surface area contributed by atoms with Gasteiger partial charge in [0.2, 0.25) is 5.72 Å². The molecule has 0 bridgehead atoms. The van der Waals surface area contributed by atoms with Crippen LogP contribution in [0.5, 0.6) is 5.75 Å². The second-order valence-corrected chi connectivity index (χ2v) is 7.07. The molecule has 2 nitrogen and oxygen atoms in total. The molecule has 23 heavy (non-hydrogen) atoms. The van der Waals surface area contributed by atoms with E-state index in [1.807, 2.05) is 43.5 Å². The van der Waals surface area contributed by atoms with Crippen molar-refractivity contribution in [3.63, 3.8) is 0 Å². The summed E-state index contributed by atoms with van der Waals surface area (Å²) >= 11 is 6.19. The molecule has 2 aromatic rings. The SMILES string of the molecule is CN1c2ccc(Cl)cc2C(C)(C)C12C=Cc1cccc(F)c1O2. The average Bonchev–Trinajstić information content (AvgIpc) is 2.67. The van der Waals surface area contributed by atoms with Crippen LogP contribution in [0.4, 0.5) is 10.1 Å². The Labute approximate surface area is 140 Å². The van der Waals surface area contributed by atoms with E-state index >= 15 is 0 Å². The number of likely N-dealkylation sites (N-methyl/N-ethyl adjacent to an activating group) is 1. The van der Waals surface area contributed by atoms with Crippen molar-refractivity contribution in [3.05, 3.63) is 64.4 Å². The normalized spacial score (nSPS) is 23.6. The van der Waals surface area contributed by atoms with Crippen LogP contribution in [-0.4, -0.2) is 12.8 Å². The van der Waals surface area contributed by atoms with Crippen LogP contribution in [0.2, 0.25) is 5.02 Å². The molecule has 4 heteroatoms. The highest BCUT2D eigenvalue weighted by Crippen LogP contribution is 2.54. The fraction of sp³-hybridized carbons (Fsp3) is 0.263. The quantitative estimate of drug-likeness (QED) is 0.673. The minimum atomic E-state index is -0.783. The predicted molar refractivity (Wildman–Crippen MR) is 91.7 cm³/mol. The van der Waals surface area contributed by atoms with E-state index in [0.29, 0.717) is 10.8 Å². The number of para-hydroxylation sites is 1. The van der Waals surface area contributed by atoms with Crippen molar-refractivity contribution in [2.75, 3.05) is 11.9 Å². The Bertz CT molecular complexity index is 845. The molecular weight excluding hydrogens is 313 g/mol. The van der Waals surface area contributed by atoms with Crippen LogP contribution in [-0.2, 0) is 5.41 Å². The lowest BCUT2D eigenvalue weighted by molar-refractivity contribution is 0.0539. The summed E-state index contributed by atoms with van der Waals surface area (Å²) in [6.07, 6.45) is 3.95. The number of nitrogens with zero attached hydrogens (tertiary/aromatic N) is 1. The first-order valence-electron chi connectivity index (χ1n) is 7.57. The smallest absolute Gasteiger partial charge is 0.212 e. The summed E-state index contributed by atoms with van der Waals surface area (Å²) in [5, 5.41) is 0.689. The van der Waals surface area contributed by atoms with Crippen LogP contribution in [0.15, 0.2) is 42.5 Å². The lowest BCUT2D eigenvalue weighted by atomic mass is 9.76. The minimum absolute atomic E-state index is 0.300. The molecular formula is C19H17ClFNO. The van der Waals surface area contributed by atoms with Crippen LogP contribution in [0.25, 0.3) is 6.08 Å². The minimum Gasteiger partial charge on any atom is -0.460 e. The number of anilines is 1. The molecule has 0 amide bonds. The van der Waals surface area contributed by atoms with Gasteiger partial charge in [0.05, 0.1) is 5.41 Å². The van der Waals surface area contributed by atoms with Crippen LogP contribution >= 0.6 is 11.6 Å². The molecule has 0 fully saturated rings. The van der Waals surface area contributed by atoms with Crippen LogP contribution in [0.3, 0.4) is 0 Å². The van der Waals surface area contributed by atoms with E-state index in [1.165, 1.54) is 6.07 Å². The molecule has 0 aliphatic carbocycles. The Morgan fingerprint density at radius 1 is 1.17 bits per heavy atom. The molecule has 0 radical (unpaired) electrons. The van der Waals surface area contributed by atoms with Gasteiger partial charge in [-0.1, -0.05) is 23.7 Å². The number of benzene rings is 2. The first kappa shape index (κ1) is 14.6. The van der Waals surface area contributed by atoms with Crippen molar-refractivity contribution < 1.29 is 9.13 Å². The van der Waals surface area contributed by atoms with Crippen molar-refractivity contribution in [3.8, 4) is 5.75 Å². The largest absolute Gasteiger partial charge is 0.460 e. The Morgan fingerprint density at radius 3 is 2.74 bits per heavy atom. The molecule has 118 valence electrons. The highest BCUT2D eigenvalue weighted by molar-refractivity contribution is 6.30.